The Labute approximate surface area is 172 Å². The van der Waals surface area contributed by atoms with Gasteiger partial charge in [-0.3, -0.25) is 4.79 Å². The van der Waals surface area contributed by atoms with Gasteiger partial charge in [0.25, 0.3) is 5.91 Å². The number of ether oxygens (including phenoxy) is 3. The lowest BCUT2D eigenvalue weighted by Gasteiger charge is -2.10. The molecule has 0 radical (unpaired) electrons. The second-order valence-electron chi connectivity index (χ2n) is 5.69. The Balaban J connectivity index is 2.04. The summed E-state index contributed by atoms with van der Waals surface area (Å²) in [4.78, 5) is 35.8. The average molecular weight is 418 g/mol. The first kappa shape index (κ1) is 22.0. The van der Waals surface area contributed by atoms with Crippen molar-refractivity contribution in [1.29, 1.82) is 0 Å². The number of amides is 1. The van der Waals surface area contributed by atoms with E-state index >= 15 is 0 Å². The summed E-state index contributed by atoms with van der Waals surface area (Å²) in [5.41, 5.74) is 6.91. The van der Waals surface area contributed by atoms with E-state index in [1.165, 1.54) is 11.3 Å². The van der Waals surface area contributed by atoms with Gasteiger partial charge >= 0.3 is 11.9 Å². The Morgan fingerprint density at radius 3 is 2.38 bits per heavy atom. The molecule has 0 saturated carbocycles. The van der Waals surface area contributed by atoms with Crippen molar-refractivity contribution in [3.8, 4) is 5.75 Å². The molecular formula is C20H22N2O6S. The third kappa shape index (κ3) is 5.82. The van der Waals surface area contributed by atoms with Gasteiger partial charge in [-0.25, -0.2) is 9.59 Å². The minimum atomic E-state index is -0.714. The number of carbonyl (C=O) groups excluding carboxylic acids is 3. The van der Waals surface area contributed by atoms with Crippen LogP contribution in [0.2, 0.25) is 0 Å². The number of nitrogens with two attached hydrogens (primary N) is 1. The Kier molecular flexibility index (Phi) is 7.79. The summed E-state index contributed by atoms with van der Waals surface area (Å²) >= 11 is 1.18. The van der Waals surface area contributed by atoms with Gasteiger partial charge < -0.3 is 25.3 Å². The number of anilines is 1. The predicted octanol–water partition coefficient (Wildman–Crippen LogP) is 2.89. The van der Waals surface area contributed by atoms with Crippen LogP contribution >= 0.6 is 11.3 Å². The lowest BCUT2D eigenvalue weighted by molar-refractivity contribution is -0.138. The number of benzene rings is 1. The fourth-order valence-electron chi connectivity index (χ4n) is 2.31. The summed E-state index contributed by atoms with van der Waals surface area (Å²) < 4.78 is 15.4. The minimum Gasteiger partial charge on any atom is -0.489 e. The topological polar surface area (TPSA) is 117 Å². The Morgan fingerprint density at radius 2 is 1.76 bits per heavy atom. The predicted molar refractivity (Wildman–Crippen MR) is 109 cm³/mol. The van der Waals surface area contributed by atoms with E-state index < -0.39 is 17.8 Å². The first-order valence-corrected chi connectivity index (χ1v) is 9.68. The number of esters is 2. The van der Waals surface area contributed by atoms with Gasteiger partial charge in [-0.1, -0.05) is 6.58 Å². The molecule has 8 nitrogen and oxygen atoms in total. The van der Waals surface area contributed by atoms with Crippen molar-refractivity contribution in [2.24, 2.45) is 0 Å². The van der Waals surface area contributed by atoms with Crippen LogP contribution in [0.3, 0.4) is 0 Å². The first-order valence-electron chi connectivity index (χ1n) is 8.80. The van der Waals surface area contributed by atoms with Gasteiger partial charge in [0.1, 0.15) is 18.1 Å². The van der Waals surface area contributed by atoms with Crippen LogP contribution in [0.5, 0.6) is 5.75 Å². The fourth-order valence-corrected chi connectivity index (χ4v) is 3.10. The fraction of sp³-hybridized carbons (Fsp3) is 0.250. The van der Waals surface area contributed by atoms with Crippen LogP contribution in [-0.4, -0.2) is 31.1 Å². The molecule has 1 heterocycles. The number of rotatable bonds is 9. The molecule has 0 bridgehead atoms. The highest BCUT2D eigenvalue weighted by Gasteiger charge is 2.20. The first-order chi connectivity index (χ1) is 13.9. The van der Waals surface area contributed by atoms with Crippen molar-refractivity contribution in [1.82, 2.24) is 5.32 Å². The van der Waals surface area contributed by atoms with Crippen LogP contribution in [0.25, 0.3) is 0 Å². The SMILES string of the molecule is C=C(NC(=O)c1c(COc2ccc(C(=O)OCC)cc2)csc1N)C(=O)OCC. The Bertz CT molecular complexity index is 904. The summed E-state index contributed by atoms with van der Waals surface area (Å²) in [6, 6.07) is 6.44. The van der Waals surface area contributed by atoms with Crippen LogP contribution in [0, 0.1) is 0 Å². The van der Waals surface area contributed by atoms with Gasteiger partial charge in [-0.05, 0) is 38.1 Å². The normalized spacial score (nSPS) is 10.1. The highest BCUT2D eigenvalue weighted by atomic mass is 32.1. The molecule has 2 aromatic rings. The number of thiophene rings is 1. The van der Waals surface area contributed by atoms with Gasteiger partial charge in [0.2, 0.25) is 0 Å². The van der Waals surface area contributed by atoms with Gasteiger partial charge in [0.05, 0.1) is 29.3 Å². The van der Waals surface area contributed by atoms with E-state index in [2.05, 4.69) is 11.9 Å². The minimum absolute atomic E-state index is 0.0705. The molecule has 0 atom stereocenters. The monoisotopic (exact) mass is 418 g/mol. The van der Waals surface area contributed by atoms with E-state index in [9.17, 15) is 14.4 Å². The third-order valence-electron chi connectivity index (χ3n) is 3.67. The van der Waals surface area contributed by atoms with E-state index in [-0.39, 0.29) is 29.5 Å². The van der Waals surface area contributed by atoms with Crippen molar-refractivity contribution >= 4 is 34.2 Å². The zero-order chi connectivity index (χ0) is 21.4. The zero-order valence-electron chi connectivity index (χ0n) is 16.2. The maximum atomic E-state index is 12.5. The molecule has 9 heteroatoms. The maximum absolute atomic E-state index is 12.5. The quantitative estimate of drug-likeness (QED) is 0.475. The molecule has 0 unspecified atom stereocenters. The molecular weight excluding hydrogens is 396 g/mol. The smallest absolute Gasteiger partial charge is 0.354 e. The highest BCUT2D eigenvalue weighted by Crippen LogP contribution is 2.27. The standard InChI is InChI=1S/C20H22N2O6S/c1-4-26-19(24)12(3)22-18(23)16-14(11-29-17(16)21)10-28-15-8-6-13(7-9-15)20(25)27-5-2/h6-9,11H,3-5,10,21H2,1-2H3,(H,22,23). The molecule has 1 aromatic heterocycles. The lowest BCUT2D eigenvalue weighted by atomic mass is 10.1. The largest absolute Gasteiger partial charge is 0.489 e. The second-order valence-corrected chi connectivity index (χ2v) is 6.60. The third-order valence-corrected chi connectivity index (χ3v) is 4.53. The van der Waals surface area contributed by atoms with Crippen LogP contribution < -0.4 is 15.8 Å². The van der Waals surface area contributed by atoms with E-state index in [1.54, 1.807) is 43.5 Å². The van der Waals surface area contributed by atoms with Gasteiger partial charge in [0.15, 0.2) is 0 Å². The van der Waals surface area contributed by atoms with Crippen molar-refractivity contribution in [2.45, 2.75) is 20.5 Å². The highest BCUT2D eigenvalue weighted by molar-refractivity contribution is 7.14. The van der Waals surface area contributed by atoms with Crippen molar-refractivity contribution in [2.75, 3.05) is 18.9 Å². The van der Waals surface area contributed by atoms with Crippen LogP contribution in [0.15, 0.2) is 41.9 Å². The Morgan fingerprint density at radius 1 is 1.10 bits per heavy atom. The second kappa shape index (κ2) is 10.3. The molecule has 0 aliphatic carbocycles. The molecule has 0 spiro atoms. The molecule has 0 fully saturated rings. The Hall–Kier alpha value is -3.33. The average Bonchev–Trinajstić information content (AvgIpc) is 3.07. The van der Waals surface area contributed by atoms with Gasteiger partial charge in [-0.15, -0.1) is 11.3 Å². The molecule has 1 aromatic carbocycles. The van der Waals surface area contributed by atoms with Gasteiger partial charge in [-0.2, -0.15) is 0 Å². The number of nitrogen functional groups attached to an aromatic ring is 1. The van der Waals surface area contributed by atoms with E-state index in [4.69, 9.17) is 19.9 Å². The van der Waals surface area contributed by atoms with Crippen molar-refractivity contribution in [3.05, 3.63) is 58.6 Å². The number of hydrogen-bond acceptors (Lipinski definition) is 8. The summed E-state index contributed by atoms with van der Waals surface area (Å²) in [7, 11) is 0. The summed E-state index contributed by atoms with van der Waals surface area (Å²) in [6.45, 7) is 7.42. The molecule has 0 aliphatic rings. The number of carbonyl (C=O) groups is 3. The molecule has 3 N–H and O–H groups in total. The van der Waals surface area contributed by atoms with Crippen LogP contribution in [-0.2, 0) is 20.9 Å². The summed E-state index contributed by atoms with van der Waals surface area (Å²) in [6.07, 6.45) is 0. The molecule has 1 amide bonds. The van der Waals surface area contributed by atoms with E-state index in [0.717, 1.165) is 0 Å². The van der Waals surface area contributed by atoms with Crippen LogP contribution in [0.1, 0.15) is 40.1 Å². The summed E-state index contributed by atoms with van der Waals surface area (Å²) in [5, 5.41) is 4.38. The molecule has 29 heavy (non-hydrogen) atoms. The molecule has 0 aliphatic heterocycles. The van der Waals surface area contributed by atoms with Crippen molar-refractivity contribution in [3.63, 3.8) is 0 Å². The maximum Gasteiger partial charge on any atom is 0.354 e. The lowest BCUT2D eigenvalue weighted by Crippen LogP contribution is -2.28. The summed E-state index contributed by atoms with van der Waals surface area (Å²) in [5.74, 6) is -1.19. The van der Waals surface area contributed by atoms with E-state index in [1.807, 2.05) is 0 Å². The molecule has 154 valence electrons. The van der Waals surface area contributed by atoms with Crippen molar-refractivity contribution < 1.29 is 28.6 Å². The van der Waals surface area contributed by atoms with E-state index in [0.29, 0.717) is 23.5 Å². The number of nitrogens with one attached hydrogen (secondary N) is 1. The van der Waals surface area contributed by atoms with Gasteiger partial charge in [0, 0.05) is 10.9 Å². The number of hydrogen-bond donors (Lipinski definition) is 2. The molecule has 0 saturated heterocycles. The van der Waals surface area contributed by atoms with Crippen LogP contribution in [0.4, 0.5) is 5.00 Å². The molecule has 2 rings (SSSR count). The zero-order valence-corrected chi connectivity index (χ0v) is 17.0.